The van der Waals surface area contributed by atoms with Crippen LogP contribution in [0.4, 0.5) is 5.69 Å². The van der Waals surface area contributed by atoms with Gasteiger partial charge in [0.2, 0.25) is 0 Å². The third kappa shape index (κ3) is 3.95. The number of likely N-dealkylation sites (N-methyl/N-ethyl adjacent to an activating group) is 1. The molecule has 0 bridgehead atoms. The summed E-state index contributed by atoms with van der Waals surface area (Å²) in [6.07, 6.45) is 1.25. The van der Waals surface area contributed by atoms with Crippen LogP contribution in [-0.4, -0.2) is 44.7 Å². The molecule has 1 heterocycles. The Morgan fingerprint density at radius 2 is 2.00 bits per heavy atom. The standard InChI is InChI=1S/C16H27N3/c1-4-17-13-15-12-14(2)6-7-16(15)19-9-5-8-18(3)10-11-19/h6-7,12,17H,4-5,8-11,13H2,1-3H3. The zero-order valence-electron chi connectivity index (χ0n) is 12.6. The molecule has 1 aliphatic heterocycles. The highest BCUT2D eigenvalue weighted by atomic mass is 15.2. The first-order chi connectivity index (χ1) is 9.20. The van der Waals surface area contributed by atoms with Gasteiger partial charge in [-0.25, -0.2) is 0 Å². The van der Waals surface area contributed by atoms with E-state index in [1.54, 1.807) is 0 Å². The van der Waals surface area contributed by atoms with E-state index in [0.717, 1.165) is 26.2 Å². The first-order valence-electron chi connectivity index (χ1n) is 7.44. The van der Waals surface area contributed by atoms with Crippen molar-refractivity contribution in [3.8, 4) is 0 Å². The highest BCUT2D eigenvalue weighted by Gasteiger charge is 2.15. The van der Waals surface area contributed by atoms with Gasteiger partial charge in [-0.15, -0.1) is 0 Å². The van der Waals surface area contributed by atoms with E-state index < -0.39 is 0 Å². The van der Waals surface area contributed by atoms with Crippen LogP contribution in [0.1, 0.15) is 24.5 Å². The van der Waals surface area contributed by atoms with E-state index >= 15 is 0 Å². The summed E-state index contributed by atoms with van der Waals surface area (Å²) in [6.45, 7) is 11.0. The Labute approximate surface area is 117 Å². The number of hydrogen-bond acceptors (Lipinski definition) is 3. The van der Waals surface area contributed by atoms with Gasteiger partial charge >= 0.3 is 0 Å². The lowest BCUT2D eigenvalue weighted by molar-refractivity contribution is 0.360. The number of nitrogens with zero attached hydrogens (tertiary/aromatic N) is 2. The smallest absolute Gasteiger partial charge is 0.0412 e. The minimum atomic E-state index is 0.972. The molecule has 2 rings (SSSR count). The summed E-state index contributed by atoms with van der Waals surface area (Å²) in [5, 5.41) is 3.46. The van der Waals surface area contributed by atoms with Gasteiger partial charge in [0.15, 0.2) is 0 Å². The Morgan fingerprint density at radius 1 is 1.16 bits per heavy atom. The highest BCUT2D eigenvalue weighted by Crippen LogP contribution is 2.23. The molecule has 1 fully saturated rings. The largest absolute Gasteiger partial charge is 0.370 e. The highest BCUT2D eigenvalue weighted by molar-refractivity contribution is 5.55. The number of nitrogens with one attached hydrogen (secondary N) is 1. The van der Waals surface area contributed by atoms with Gasteiger partial charge in [0.1, 0.15) is 0 Å². The quantitative estimate of drug-likeness (QED) is 0.897. The number of aryl methyl sites for hydroxylation is 1. The Bertz CT molecular complexity index is 403. The van der Waals surface area contributed by atoms with E-state index in [2.05, 4.69) is 54.2 Å². The molecule has 1 N–H and O–H groups in total. The van der Waals surface area contributed by atoms with Crippen molar-refractivity contribution in [2.75, 3.05) is 44.7 Å². The van der Waals surface area contributed by atoms with Crippen LogP contribution >= 0.6 is 0 Å². The second-order valence-corrected chi connectivity index (χ2v) is 5.56. The van der Waals surface area contributed by atoms with Crippen molar-refractivity contribution < 1.29 is 0 Å². The Morgan fingerprint density at radius 3 is 2.79 bits per heavy atom. The summed E-state index contributed by atoms with van der Waals surface area (Å²) in [6, 6.07) is 6.86. The maximum atomic E-state index is 3.46. The monoisotopic (exact) mass is 261 g/mol. The van der Waals surface area contributed by atoms with Gasteiger partial charge in [0.05, 0.1) is 0 Å². The van der Waals surface area contributed by atoms with Crippen molar-refractivity contribution in [3.05, 3.63) is 29.3 Å². The summed E-state index contributed by atoms with van der Waals surface area (Å²) in [5.74, 6) is 0. The molecule has 0 spiro atoms. The summed E-state index contributed by atoms with van der Waals surface area (Å²) in [4.78, 5) is 4.98. The summed E-state index contributed by atoms with van der Waals surface area (Å²) < 4.78 is 0. The van der Waals surface area contributed by atoms with Crippen LogP contribution < -0.4 is 10.2 Å². The van der Waals surface area contributed by atoms with E-state index in [-0.39, 0.29) is 0 Å². The molecule has 0 saturated carbocycles. The van der Waals surface area contributed by atoms with Gasteiger partial charge in [-0.3, -0.25) is 0 Å². The molecule has 1 saturated heterocycles. The maximum Gasteiger partial charge on any atom is 0.0412 e. The molecular weight excluding hydrogens is 234 g/mol. The van der Waals surface area contributed by atoms with Gasteiger partial charge in [0.25, 0.3) is 0 Å². The van der Waals surface area contributed by atoms with Gasteiger partial charge in [-0.1, -0.05) is 24.6 Å². The van der Waals surface area contributed by atoms with E-state index in [4.69, 9.17) is 0 Å². The lowest BCUT2D eigenvalue weighted by atomic mass is 10.1. The van der Waals surface area contributed by atoms with Crippen LogP contribution in [0.15, 0.2) is 18.2 Å². The fourth-order valence-electron chi connectivity index (χ4n) is 2.71. The molecule has 0 atom stereocenters. The Kier molecular flexibility index (Phi) is 5.23. The predicted octanol–water partition coefficient (Wildman–Crippen LogP) is 2.25. The molecule has 1 aromatic rings. The first-order valence-corrected chi connectivity index (χ1v) is 7.44. The molecule has 0 amide bonds. The van der Waals surface area contributed by atoms with Gasteiger partial charge in [-0.2, -0.15) is 0 Å². The normalized spacial score (nSPS) is 17.5. The minimum Gasteiger partial charge on any atom is -0.370 e. The topological polar surface area (TPSA) is 18.5 Å². The molecule has 19 heavy (non-hydrogen) atoms. The van der Waals surface area contributed by atoms with Crippen molar-refractivity contribution in [2.24, 2.45) is 0 Å². The molecule has 1 aliphatic rings. The second-order valence-electron chi connectivity index (χ2n) is 5.56. The number of hydrogen-bond donors (Lipinski definition) is 1. The van der Waals surface area contributed by atoms with Crippen LogP contribution in [0, 0.1) is 6.92 Å². The van der Waals surface area contributed by atoms with Crippen molar-refractivity contribution in [3.63, 3.8) is 0 Å². The van der Waals surface area contributed by atoms with E-state index in [1.807, 2.05) is 0 Å². The molecule has 0 aliphatic carbocycles. The van der Waals surface area contributed by atoms with Gasteiger partial charge < -0.3 is 15.1 Å². The summed E-state index contributed by atoms with van der Waals surface area (Å²) in [7, 11) is 2.22. The molecule has 0 radical (unpaired) electrons. The summed E-state index contributed by atoms with van der Waals surface area (Å²) >= 11 is 0. The molecule has 0 aromatic heterocycles. The second kappa shape index (κ2) is 6.92. The van der Waals surface area contributed by atoms with E-state index in [0.29, 0.717) is 0 Å². The average Bonchev–Trinajstić information content (AvgIpc) is 2.61. The van der Waals surface area contributed by atoms with Gasteiger partial charge in [0, 0.05) is 31.9 Å². The lowest BCUT2D eigenvalue weighted by Gasteiger charge is -2.26. The number of anilines is 1. The number of benzene rings is 1. The van der Waals surface area contributed by atoms with Crippen molar-refractivity contribution in [1.82, 2.24) is 10.2 Å². The zero-order chi connectivity index (χ0) is 13.7. The Hall–Kier alpha value is -1.06. The molecular formula is C16H27N3. The molecule has 3 nitrogen and oxygen atoms in total. The fourth-order valence-corrected chi connectivity index (χ4v) is 2.71. The summed E-state index contributed by atoms with van der Waals surface area (Å²) in [5.41, 5.74) is 4.21. The van der Waals surface area contributed by atoms with Crippen molar-refractivity contribution in [1.29, 1.82) is 0 Å². The Balaban J connectivity index is 2.17. The molecule has 1 aromatic carbocycles. The number of rotatable bonds is 4. The van der Waals surface area contributed by atoms with E-state index in [9.17, 15) is 0 Å². The fraction of sp³-hybridized carbons (Fsp3) is 0.625. The third-order valence-corrected chi connectivity index (χ3v) is 3.86. The van der Waals surface area contributed by atoms with Crippen molar-refractivity contribution in [2.45, 2.75) is 26.8 Å². The lowest BCUT2D eigenvalue weighted by Crippen LogP contribution is -2.30. The van der Waals surface area contributed by atoms with Crippen LogP contribution in [0.5, 0.6) is 0 Å². The minimum absolute atomic E-state index is 0.972. The van der Waals surface area contributed by atoms with Crippen LogP contribution in [-0.2, 0) is 6.54 Å². The molecule has 3 heteroatoms. The maximum absolute atomic E-state index is 3.46. The molecule has 106 valence electrons. The third-order valence-electron chi connectivity index (χ3n) is 3.86. The average molecular weight is 261 g/mol. The van der Waals surface area contributed by atoms with E-state index in [1.165, 1.54) is 36.3 Å². The van der Waals surface area contributed by atoms with Gasteiger partial charge in [-0.05, 0) is 45.1 Å². The van der Waals surface area contributed by atoms with Crippen LogP contribution in [0.3, 0.4) is 0 Å². The van der Waals surface area contributed by atoms with Crippen LogP contribution in [0.25, 0.3) is 0 Å². The van der Waals surface area contributed by atoms with Crippen LogP contribution in [0.2, 0.25) is 0 Å². The zero-order valence-corrected chi connectivity index (χ0v) is 12.6. The predicted molar refractivity (Wildman–Crippen MR) is 82.9 cm³/mol. The first kappa shape index (κ1) is 14.4. The molecule has 0 unspecified atom stereocenters. The SMILES string of the molecule is CCNCc1cc(C)ccc1N1CCCN(C)CC1. The van der Waals surface area contributed by atoms with Crippen molar-refractivity contribution >= 4 is 5.69 Å².